The fraction of sp³-hybridized carbons (Fsp3) is 0.556. The fourth-order valence-electron chi connectivity index (χ4n) is 5.69. The van der Waals surface area contributed by atoms with Crippen LogP contribution in [0.5, 0.6) is 11.5 Å². The molecule has 14 nitrogen and oxygen atoms in total. The number of thioether (sulfide) groups is 2. The van der Waals surface area contributed by atoms with Crippen molar-refractivity contribution < 1.29 is 57.2 Å². The Morgan fingerprint density at radius 1 is 0.541 bits per heavy atom. The highest BCUT2D eigenvalue weighted by molar-refractivity contribution is 8.24. The molecule has 0 amide bonds. The summed E-state index contributed by atoms with van der Waals surface area (Å²) in [6.45, 7) is 11.8. The van der Waals surface area contributed by atoms with Crippen LogP contribution in [-0.4, -0.2) is 62.2 Å². The number of esters is 6. The molecule has 0 saturated heterocycles. The van der Waals surface area contributed by atoms with E-state index in [0.29, 0.717) is 63.9 Å². The number of unbranched alkanes of at least 4 members (excludes halogenated alkanes) is 12. The van der Waals surface area contributed by atoms with Crippen molar-refractivity contribution in [1.29, 1.82) is 10.5 Å². The number of benzene rings is 1. The van der Waals surface area contributed by atoms with Crippen LogP contribution >= 0.6 is 23.5 Å². The lowest BCUT2D eigenvalue weighted by Crippen LogP contribution is -2.14. The van der Waals surface area contributed by atoms with Crippen molar-refractivity contribution in [3.05, 3.63) is 45.7 Å². The molecule has 0 unspecified atom stereocenters. The number of carbonyl (C=O) groups excluding carboxylic acids is 6. The normalized spacial score (nSPS) is 11.3. The number of aryl methyl sites for hydroxylation is 1. The lowest BCUT2D eigenvalue weighted by Gasteiger charge is -2.15. The van der Waals surface area contributed by atoms with Gasteiger partial charge in [-0.25, -0.2) is 9.59 Å². The summed E-state index contributed by atoms with van der Waals surface area (Å²) in [6, 6.07) is 5.45. The molecule has 0 saturated carbocycles. The van der Waals surface area contributed by atoms with Crippen molar-refractivity contribution in [2.24, 2.45) is 0 Å². The maximum Gasteiger partial charge on any atom is 0.333 e. The molecule has 1 heterocycles. The van der Waals surface area contributed by atoms with Crippen molar-refractivity contribution in [2.45, 2.75) is 146 Å². The first kappa shape index (κ1) is 52.1. The van der Waals surface area contributed by atoms with Gasteiger partial charge in [-0.05, 0) is 58.1 Å². The standard InChI is InChI=1S/C45H58N2O12S2/c1-31(2)43(52)56-26-24-54-36(48)20-16-12-8-6-10-14-18-22-38(50)58-35-28-33(5)40(42-41(35)60-45(61-42)34(29-46)30-47)59-39(51)23-19-15-11-7-9-13-17-21-37(49)55-25-27-57-44(53)32(3)4/h28H,1,3,6-27H2,2,4-5H3. The van der Waals surface area contributed by atoms with E-state index in [1.807, 2.05) is 12.1 Å². The van der Waals surface area contributed by atoms with Gasteiger partial charge in [0.05, 0.1) is 14.0 Å². The molecule has 0 radical (unpaired) electrons. The Morgan fingerprint density at radius 2 is 0.902 bits per heavy atom. The minimum absolute atomic E-state index is 0.00283. The van der Waals surface area contributed by atoms with Crippen LogP contribution in [0.1, 0.15) is 135 Å². The average Bonchev–Trinajstić information content (AvgIpc) is 3.67. The summed E-state index contributed by atoms with van der Waals surface area (Å²) in [5.74, 6) is -1.93. The van der Waals surface area contributed by atoms with Crippen LogP contribution in [0.4, 0.5) is 0 Å². The molecule has 1 aliphatic rings. The summed E-state index contributed by atoms with van der Waals surface area (Å²) in [4.78, 5) is 73.3. The zero-order chi connectivity index (χ0) is 45.0. The lowest BCUT2D eigenvalue weighted by molar-refractivity contribution is -0.150. The number of rotatable bonds is 30. The molecule has 0 aromatic heterocycles. The first-order valence-electron chi connectivity index (χ1n) is 20.7. The Bertz CT molecular complexity index is 1830. The second-order valence-electron chi connectivity index (χ2n) is 14.4. The van der Waals surface area contributed by atoms with Crippen molar-refractivity contribution in [1.82, 2.24) is 0 Å². The van der Waals surface area contributed by atoms with Crippen LogP contribution < -0.4 is 9.47 Å². The molecule has 0 atom stereocenters. The van der Waals surface area contributed by atoms with E-state index in [1.165, 1.54) is 0 Å². The number of ether oxygens (including phenoxy) is 6. The molecule has 0 fully saturated rings. The largest absolute Gasteiger partial charge is 0.462 e. The van der Waals surface area contributed by atoms with Crippen LogP contribution in [0.2, 0.25) is 0 Å². The number of nitrogens with zero attached hydrogens (tertiary/aromatic N) is 2. The third kappa shape index (κ3) is 21.3. The van der Waals surface area contributed by atoms with Gasteiger partial charge in [0, 0.05) is 36.8 Å². The molecule has 1 aromatic carbocycles. The van der Waals surface area contributed by atoms with E-state index in [0.717, 1.165) is 87.7 Å². The highest BCUT2D eigenvalue weighted by Gasteiger charge is 2.31. The SMILES string of the molecule is C=C(C)C(=O)OCCOC(=O)CCCCCCCCCC(=O)Oc1cc(C)c(OC(=O)CCCCCCCCCC(=O)OCCOC(=O)C(=C)C)c2c1SC(=C(C#N)C#N)S2. The van der Waals surface area contributed by atoms with Gasteiger partial charge in [-0.2, -0.15) is 10.5 Å². The topological polar surface area (TPSA) is 205 Å². The molecular weight excluding hydrogens is 825 g/mol. The smallest absolute Gasteiger partial charge is 0.333 e. The number of fused-ring (bicyclic) bond motifs is 1. The molecule has 0 bridgehead atoms. The summed E-state index contributed by atoms with van der Waals surface area (Å²) < 4.78 is 32.0. The predicted molar refractivity (Wildman–Crippen MR) is 229 cm³/mol. The van der Waals surface area contributed by atoms with E-state index >= 15 is 0 Å². The van der Waals surface area contributed by atoms with Crippen molar-refractivity contribution >= 4 is 59.3 Å². The van der Waals surface area contributed by atoms with E-state index in [2.05, 4.69) is 13.2 Å². The van der Waals surface area contributed by atoms with Crippen molar-refractivity contribution in [3.8, 4) is 23.6 Å². The maximum atomic E-state index is 13.0. The quantitative estimate of drug-likeness (QED) is 0.0176. The molecule has 0 spiro atoms. The molecule has 332 valence electrons. The minimum Gasteiger partial charge on any atom is -0.462 e. The molecular formula is C45H58N2O12S2. The van der Waals surface area contributed by atoms with Crippen LogP contribution in [0.3, 0.4) is 0 Å². The van der Waals surface area contributed by atoms with E-state index in [1.54, 1.807) is 26.8 Å². The Labute approximate surface area is 367 Å². The van der Waals surface area contributed by atoms with E-state index < -0.39 is 23.9 Å². The summed E-state index contributed by atoms with van der Waals surface area (Å²) in [7, 11) is 0. The van der Waals surface area contributed by atoms with Gasteiger partial charge in [-0.15, -0.1) is 0 Å². The average molecular weight is 883 g/mol. The molecule has 0 N–H and O–H groups in total. The highest BCUT2D eigenvalue weighted by atomic mass is 32.2. The molecule has 1 aromatic rings. The summed E-state index contributed by atoms with van der Waals surface area (Å²) >= 11 is 2.28. The molecule has 1 aliphatic heterocycles. The lowest BCUT2D eigenvalue weighted by atomic mass is 10.1. The predicted octanol–water partition coefficient (Wildman–Crippen LogP) is 9.61. The number of hydrogen-bond donors (Lipinski definition) is 0. The van der Waals surface area contributed by atoms with E-state index in [-0.39, 0.29) is 73.7 Å². The second kappa shape index (κ2) is 30.0. The Balaban J connectivity index is 1.72. The van der Waals surface area contributed by atoms with Crippen LogP contribution in [0.25, 0.3) is 0 Å². The molecule has 61 heavy (non-hydrogen) atoms. The van der Waals surface area contributed by atoms with Gasteiger partial charge in [-0.3, -0.25) is 19.2 Å². The first-order chi connectivity index (χ1) is 29.3. The third-order valence-corrected chi connectivity index (χ3v) is 11.6. The number of carbonyl (C=O) groups is 6. The third-order valence-electron chi connectivity index (χ3n) is 8.98. The zero-order valence-corrected chi connectivity index (χ0v) is 37.3. The van der Waals surface area contributed by atoms with E-state index in [9.17, 15) is 39.3 Å². The first-order valence-corrected chi connectivity index (χ1v) is 22.4. The molecule has 0 aliphatic carbocycles. The molecule has 2 rings (SSSR count). The number of hydrogen-bond acceptors (Lipinski definition) is 16. The monoisotopic (exact) mass is 882 g/mol. The number of allylic oxidation sites excluding steroid dienone is 1. The van der Waals surface area contributed by atoms with E-state index in [4.69, 9.17) is 28.4 Å². The minimum atomic E-state index is -0.517. The summed E-state index contributed by atoms with van der Waals surface area (Å²) in [5, 5.41) is 19.1. The van der Waals surface area contributed by atoms with Crippen LogP contribution in [-0.2, 0) is 47.7 Å². The zero-order valence-electron chi connectivity index (χ0n) is 35.7. The highest BCUT2D eigenvalue weighted by Crippen LogP contribution is 2.59. The van der Waals surface area contributed by atoms with Gasteiger partial charge in [0.25, 0.3) is 0 Å². The van der Waals surface area contributed by atoms with Crippen LogP contribution in [0.15, 0.2) is 50.0 Å². The van der Waals surface area contributed by atoms with Gasteiger partial charge >= 0.3 is 35.8 Å². The maximum absolute atomic E-state index is 13.0. The summed E-state index contributed by atoms with van der Waals surface area (Å²) in [5.41, 5.74) is 1.06. The van der Waals surface area contributed by atoms with Crippen molar-refractivity contribution in [2.75, 3.05) is 26.4 Å². The van der Waals surface area contributed by atoms with Gasteiger partial charge in [0.1, 0.15) is 55.6 Å². The Hall–Kier alpha value is -5.06. The molecule has 16 heteroatoms. The number of nitriles is 2. The van der Waals surface area contributed by atoms with Gasteiger partial charge in [0.2, 0.25) is 0 Å². The van der Waals surface area contributed by atoms with Gasteiger partial charge in [-0.1, -0.05) is 101 Å². The Kier molecular flexibility index (Phi) is 25.7. The van der Waals surface area contributed by atoms with Gasteiger partial charge in [0.15, 0.2) is 0 Å². The Morgan fingerprint density at radius 3 is 1.31 bits per heavy atom. The summed E-state index contributed by atoms with van der Waals surface area (Å²) in [6.07, 6.45) is 12.7. The van der Waals surface area contributed by atoms with Crippen molar-refractivity contribution in [3.63, 3.8) is 0 Å². The van der Waals surface area contributed by atoms with Crippen LogP contribution in [0, 0.1) is 29.6 Å². The second-order valence-corrected chi connectivity index (χ2v) is 16.7. The van der Waals surface area contributed by atoms with Gasteiger partial charge < -0.3 is 28.4 Å². The fourth-order valence-corrected chi connectivity index (χ4v) is 8.24.